The zero-order valence-corrected chi connectivity index (χ0v) is 15.2. The van der Waals surface area contributed by atoms with Crippen LogP contribution in [0.25, 0.3) is 0 Å². The van der Waals surface area contributed by atoms with E-state index < -0.39 is 5.79 Å². The van der Waals surface area contributed by atoms with Crippen LogP contribution in [0, 0.1) is 0 Å². The lowest BCUT2D eigenvalue weighted by Crippen LogP contribution is -2.45. The van der Waals surface area contributed by atoms with Gasteiger partial charge < -0.3 is 24.4 Å². The number of benzene rings is 1. The Morgan fingerprint density at radius 1 is 1.11 bits per heavy atom. The fourth-order valence-electron chi connectivity index (χ4n) is 3.31. The maximum atomic E-state index is 12.4. The van der Waals surface area contributed by atoms with Crippen molar-refractivity contribution in [2.24, 2.45) is 0 Å². The molecule has 0 unspecified atom stereocenters. The van der Waals surface area contributed by atoms with Gasteiger partial charge in [-0.2, -0.15) is 0 Å². The Kier molecular flexibility index (Phi) is 4.91. The Bertz CT molecular complexity index is 778. The van der Waals surface area contributed by atoms with Crippen LogP contribution in [-0.4, -0.2) is 55.1 Å². The van der Waals surface area contributed by atoms with Gasteiger partial charge in [-0.15, -0.1) is 0 Å². The Balaban J connectivity index is 1.36. The molecule has 1 amide bonds. The monoisotopic (exact) mass is 370 g/mol. The Morgan fingerprint density at radius 3 is 2.33 bits per heavy atom. The zero-order valence-electron chi connectivity index (χ0n) is 15.2. The van der Waals surface area contributed by atoms with Gasteiger partial charge in [0.2, 0.25) is 5.95 Å². The first-order chi connectivity index (χ1) is 13.2. The maximum absolute atomic E-state index is 12.4. The lowest BCUT2D eigenvalue weighted by molar-refractivity contribution is -0.169. The molecule has 0 radical (unpaired) electrons. The fraction of sp³-hybridized carbons (Fsp3) is 0.421. The molecule has 8 nitrogen and oxygen atoms in total. The third-order valence-electron chi connectivity index (χ3n) is 4.87. The normalized spacial score (nSPS) is 18.5. The van der Waals surface area contributed by atoms with Crippen molar-refractivity contribution >= 4 is 17.5 Å². The first-order valence-corrected chi connectivity index (χ1v) is 8.98. The first-order valence-electron chi connectivity index (χ1n) is 8.98. The predicted molar refractivity (Wildman–Crippen MR) is 99.1 cm³/mol. The van der Waals surface area contributed by atoms with Crippen LogP contribution in [0.1, 0.15) is 23.2 Å². The molecular formula is C19H22N4O4. The summed E-state index contributed by atoms with van der Waals surface area (Å²) in [6.07, 6.45) is 4.68. The van der Waals surface area contributed by atoms with Crippen LogP contribution < -0.4 is 15.0 Å². The van der Waals surface area contributed by atoms with Crippen LogP contribution >= 0.6 is 0 Å². The van der Waals surface area contributed by atoms with Crippen molar-refractivity contribution in [3.8, 4) is 5.75 Å². The summed E-state index contributed by atoms with van der Waals surface area (Å²) in [6.45, 7) is 2.85. The number of carbonyl (C=O) groups excluding carboxylic acids is 1. The molecule has 2 aliphatic heterocycles. The molecule has 2 aliphatic rings. The highest BCUT2D eigenvalue weighted by atomic mass is 16.7. The average molecular weight is 370 g/mol. The number of amides is 1. The fourth-order valence-corrected chi connectivity index (χ4v) is 3.31. The van der Waals surface area contributed by atoms with E-state index in [2.05, 4.69) is 20.2 Å². The summed E-state index contributed by atoms with van der Waals surface area (Å²) in [5, 5.41) is 2.82. The van der Waals surface area contributed by atoms with E-state index in [9.17, 15) is 4.79 Å². The number of rotatable bonds is 4. The maximum Gasteiger partial charge on any atom is 0.258 e. The van der Waals surface area contributed by atoms with Crippen molar-refractivity contribution in [1.29, 1.82) is 0 Å². The SMILES string of the molecule is COc1ccc(NC(=O)c2cnc(N3CCC4(CC3)OCCO4)nc2)cc1. The second-order valence-electron chi connectivity index (χ2n) is 6.55. The third kappa shape index (κ3) is 3.86. The zero-order chi connectivity index (χ0) is 18.7. The smallest absolute Gasteiger partial charge is 0.258 e. The molecule has 1 aromatic carbocycles. The van der Waals surface area contributed by atoms with E-state index in [1.807, 2.05) is 0 Å². The number of aromatic nitrogens is 2. The van der Waals surface area contributed by atoms with Gasteiger partial charge in [0, 0.05) is 44.0 Å². The summed E-state index contributed by atoms with van der Waals surface area (Å²) in [6, 6.07) is 7.14. The quantitative estimate of drug-likeness (QED) is 0.882. The van der Waals surface area contributed by atoms with Gasteiger partial charge in [0.25, 0.3) is 5.91 Å². The molecular weight excluding hydrogens is 348 g/mol. The molecule has 0 aliphatic carbocycles. The number of hydrogen-bond donors (Lipinski definition) is 1. The molecule has 142 valence electrons. The van der Waals surface area contributed by atoms with Gasteiger partial charge in [-0.3, -0.25) is 4.79 Å². The number of piperidine rings is 1. The van der Waals surface area contributed by atoms with Gasteiger partial charge in [0.15, 0.2) is 5.79 Å². The van der Waals surface area contributed by atoms with Gasteiger partial charge in [-0.1, -0.05) is 0 Å². The number of anilines is 2. The molecule has 8 heteroatoms. The van der Waals surface area contributed by atoms with E-state index in [0.29, 0.717) is 30.4 Å². The molecule has 2 aromatic rings. The lowest BCUT2D eigenvalue weighted by Gasteiger charge is -2.37. The van der Waals surface area contributed by atoms with Crippen molar-refractivity contribution in [2.45, 2.75) is 18.6 Å². The number of ether oxygens (including phenoxy) is 3. The molecule has 3 heterocycles. The van der Waals surface area contributed by atoms with Crippen molar-refractivity contribution in [2.75, 3.05) is 43.6 Å². The predicted octanol–water partition coefficient (Wildman–Crippen LogP) is 2.08. The highest BCUT2D eigenvalue weighted by Gasteiger charge is 2.40. The standard InChI is InChI=1S/C19H22N4O4/c1-25-16-4-2-15(3-5-16)22-17(24)14-12-20-18(21-13-14)23-8-6-19(7-9-23)26-10-11-27-19/h2-5,12-13H,6-11H2,1H3,(H,22,24). The highest BCUT2D eigenvalue weighted by molar-refractivity contribution is 6.03. The summed E-state index contributed by atoms with van der Waals surface area (Å²) in [5.74, 6) is 0.674. The summed E-state index contributed by atoms with van der Waals surface area (Å²) in [7, 11) is 1.60. The largest absolute Gasteiger partial charge is 0.497 e. The van der Waals surface area contributed by atoms with Crippen LogP contribution in [0.3, 0.4) is 0 Å². The second-order valence-corrected chi connectivity index (χ2v) is 6.55. The summed E-state index contributed by atoms with van der Waals surface area (Å²) in [5.41, 5.74) is 1.09. The van der Waals surface area contributed by atoms with Gasteiger partial charge in [-0.05, 0) is 24.3 Å². The highest BCUT2D eigenvalue weighted by Crippen LogP contribution is 2.32. The van der Waals surface area contributed by atoms with Crippen molar-refractivity contribution < 1.29 is 19.0 Å². The van der Waals surface area contributed by atoms with Crippen molar-refractivity contribution in [3.05, 3.63) is 42.2 Å². The van der Waals surface area contributed by atoms with E-state index in [-0.39, 0.29) is 5.91 Å². The molecule has 0 saturated carbocycles. The average Bonchev–Trinajstić information content (AvgIpc) is 3.17. The molecule has 1 aromatic heterocycles. The summed E-state index contributed by atoms with van der Waals surface area (Å²) < 4.78 is 16.6. The minimum absolute atomic E-state index is 0.253. The summed E-state index contributed by atoms with van der Waals surface area (Å²) >= 11 is 0. The van der Waals surface area contributed by atoms with Crippen LogP contribution in [-0.2, 0) is 9.47 Å². The van der Waals surface area contributed by atoms with Crippen molar-refractivity contribution in [1.82, 2.24) is 9.97 Å². The molecule has 0 atom stereocenters. The van der Waals surface area contributed by atoms with Crippen LogP contribution in [0.15, 0.2) is 36.7 Å². The molecule has 0 bridgehead atoms. The number of methoxy groups -OCH3 is 1. The molecule has 2 saturated heterocycles. The van der Waals surface area contributed by atoms with E-state index >= 15 is 0 Å². The minimum Gasteiger partial charge on any atom is -0.497 e. The Labute approximate surface area is 157 Å². The topological polar surface area (TPSA) is 85.8 Å². The van der Waals surface area contributed by atoms with E-state index in [0.717, 1.165) is 31.7 Å². The number of hydrogen-bond acceptors (Lipinski definition) is 7. The minimum atomic E-state index is -0.422. The number of nitrogens with zero attached hydrogens (tertiary/aromatic N) is 3. The molecule has 1 N–H and O–H groups in total. The summed E-state index contributed by atoms with van der Waals surface area (Å²) in [4.78, 5) is 23.2. The van der Waals surface area contributed by atoms with Gasteiger partial charge in [0.05, 0.1) is 25.9 Å². The van der Waals surface area contributed by atoms with Crippen molar-refractivity contribution in [3.63, 3.8) is 0 Å². The van der Waals surface area contributed by atoms with Crippen LogP contribution in [0.5, 0.6) is 5.75 Å². The van der Waals surface area contributed by atoms with Crippen LogP contribution in [0.2, 0.25) is 0 Å². The van der Waals surface area contributed by atoms with Crippen LogP contribution in [0.4, 0.5) is 11.6 Å². The molecule has 27 heavy (non-hydrogen) atoms. The molecule has 4 rings (SSSR count). The first kappa shape index (κ1) is 17.7. The number of carbonyl (C=O) groups is 1. The van der Waals surface area contributed by atoms with E-state index in [1.54, 1.807) is 43.8 Å². The molecule has 1 spiro atoms. The van der Waals surface area contributed by atoms with Gasteiger partial charge in [-0.25, -0.2) is 9.97 Å². The molecule has 2 fully saturated rings. The number of nitrogens with one attached hydrogen (secondary N) is 1. The van der Waals surface area contributed by atoms with Gasteiger partial charge in [0.1, 0.15) is 5.75 Å². The van der Waals surface area contributed by atoms with E-state index in [4.69, 9.17) is 14.2 Å². The lowest BCUT2D eigenvalue weighted by atomic mass is 10.0. The van der Waals surface area contributed by atoms with Gasteiger partial charge >= 0.3 is 0 Å². The third-order valence-corrected chi connectivity index (χ3v) is 4.87. The van der Waals surface area contributed by atoms with E-state index in [1.165, 1.54) is 0 Å². The Morgan fingerprint density at radius 2 is 1.74 bits per heavy atom. The second kappa shape index (κ2) is 7.50. The Hall–Kier alpha value is -2.71.